The molecule has 0 radical (unpaired) electrons. The summed E-state index contributed by atoms with van der Waals surface area (Å²) in [5, 5.41) is 0. The van der Waals surface area contributed by atoms with Gasteiger partial charge < -0.3 is 20.2 Å². The number of H-pyrrole nitrogens is 1. The fourth-order valence-electron chi connectivity index (χ4n) is 2.95. The fourth-order valence-corrected chi connectivity index (χ4v) is 2.95. The van der Waals surface area contributed by atoms with Gasteiger partial charge in [0, 0.05) is 29.7 Å². The van der Waals surface area contributed by atoms with Gasteiger partial charge in [-0.3, -0.25) is 4.98 Å². The van der Waals surface area contributed by atoms with Gasteiger partial charge in [-0.15, -0.1) is 0 Å². The summed E-state index contributed by atoms with van der Waals surface area (Å²) in [4.78, 5) is 16.6. The SMILES string of the molecule is COc1cc(-c2nc(C3=CCOCC3)[nH]c2-c2ccncc2)cnc1N. The van der Waals surface area contributed by atoms with Crippen molar-refractivity contribution in [3.05, 3.63) is 48.7 Å². The smallest absolute Gasteiger partial charge is 0.166 e. The largest absolute Gasteiger partial charge is 0.493 e. The Balaban J connectivity index is 1.87. The zero-order chi connectivity index (χ0) is 17.9. The van der Waals surface area contributed by atoms with Gasteiger partial charge in [-0.25, -0.2) is 9.97 Å². The highest BCUT2D eigenvalue weighted by molar-refractivity contribution is 5.81. The molecule has 3 N–H and O–H groups in total. The van der Waals surface area contributed by atoms with Crippen molar-refractivity contribution in [2.24, 2.45) is 0 Å². The Labute approximate surface area is 150 Å². The van der Waals surface area contributed by atoms with E-state index in [1.165, 1.54) is 0 Å². The lowest BCUT2D eigenvalue weighted by Crippen LogP contribution is -2.04. The van der Waals surface area contributed by atoms with Gasteiger partial charge in [0.15, 0.2) is 11.6 Å². The van der Waals surface area contributed by atoms with Crippen LogP contribution in [0.3, 0.4) is 0 Å². The zero-order valence-electron chi connectivity index (χ0n) is 14.4. The van der Waals surface area contributed by atoms with Crippen LogP contribution < -0.4 is 10.5 Å². The molecular weight excluding hydrogens is 330 g/mol. The number of anilines is 1. The number of nitrogens with two attached hydrogens (primary N) is 1. The quantitative estimate of drug-likeness (QED) is 0.751. The van der Waals surface area contributed by atoms with Crippen molar-refractivity contribution in [3.63, 3.8) is 0 Å². The molecule has 26 heavy (non-hydrogen) atoms. The average Bonchev–Trinajstić information content (AvgIpc) is 3.15. The van der Waals surface area contributed by atoms with Crippen molar-refractivity contribution >= 4 is 11.4 Å². The van der Waals surface area contributed by atoms with Crippen LogP contribution in [0.25, 0.3) is 28.1 Å². The molecule has 7 heteroatoms. The minimum atomic E-state index is 0.351. The van der Waals surface area contributed by atoms with Crippen molar-refractivity contribution in [2.45, 2.75) is 6.42 Å². The molecule has 0 saturated heterocycles. The van der Waals surface area contributed by atoms with Crippen molar-refractivity contribution in [3.8, 4) is 28.3 Å². The Kier molecular flexibility index (Phi) is 4.37. The van der Waals surface area contributed by atoms with Crippen LogP contribution in [0.5, 0.6) is 5.75 Å². The number of imidazole rings is 1. The van der Waals surface area contributed by atoms with Crippen LogP contribution >= 0.6 is 0 Å². The van der Waals surface area contributed by atoms with Crippen LogP contribution in [0.4, 0.5) is 5.82 Å². The maximum atomic E-state index is 5.85. The second kappa shape index (κ2) is 6.97. The minimum absolute atomic E-state index is 0.351. The normalized spacial score (nSPS) is 14.1. The van der Waals surface area contributed by atoms with Crippen LogP contribution in [0.2, 0.25) is 0 Å². The van der Waals surface area contributed by atoms with Crippen molar-refractivity contribution in [2.75, 3.05) is 26.1 Å². The van der Waals surface area contributed by atoms with Gasteiger partial charge in [0.05, 0.1) is 31.7 Å². The number of rotatable bonds is 4. The highest BCUT2D eigenvalue weighted by Gasteiger charge is 2.18. The first-order chi connectivity index (χ1) is 12.8. The second-order valence-electron chi connectivity index (χ2n) is 5.91. The number of aromatic amines is 1. The van der Waals surface area contributed by atoms with Gasteiger partial charge in [0.1, 0.15) is 5.82 Å². The molecule has 0 aromatic carbocycles. The Morgan fingerprint density at radius 1 is 1.23 bits per heavy atom. The zero-order valence-corrected chi connectivity index (χ0v) is 14.4. The molecule has 4 heterocycles. The van der Waals surface area contributed by atoms with Crippen molar-refractivity contribution < 1.29 is 9.47 Å². The lowest BCUT2D eigenvalue weighted by molar-refractivity contribution is 0.161. The first-order valence-corrected chi connectivity index (χ1v) is 8.33. The molecule has 1 aliphatic heterocycles. The van der Waals surface area contributed by atoms with E-state index in [9.17, 15) is 0 Å². The minimum Gasteiger partial charge on any atom is -0.493 e. The molecule has 0 bridgehead atoms. The number of nitrogen functional groups attached to an aromatic ring is 1. The van der Waals surface area contributed by atoms with E-state index in [1.54, 1.807) is 25.7 Å². The number of hydrogen-bond donors (Lipinski definition) is 2. The van der Waals surface area contributed by atoms with Gasteiger partial charge in [0.25, 0.3) is 0 Å². The van der Waals surface area contributed by atoms with E-state index >= 15 is 0 Å². The van der Waals surface area contributed by atoms with E-state index in [0.29, 0.717) is 24.8 Å². The Hall–Kier alpha value is -3.19. The summed E-state index contributed by atoms with van der Waals surface area (Å²) >= 11 is 0. The van der Waals surface area contributed by atoms with E-state index in [2.05, 4.69) is 21.0 Å². The van der Waals surface area contributed by atoms with Gasteiger partial charge in [-0.05, 0) is 30.2 Å². The molecule has 3 aromatic rings. The molecule has 0 amide bonds. The number of aromatic nitrogens is 4. The van der Waals surface area contributed by atoms with Crippen LogP contribution in [0.1, 0.15) is 12.2 Å². The first-order valence-electron chi connectivity index (χ1n) is 8.33. The number of nitrogens with zero attached hydrogens (tertiary/aromatic N) is 3. The summed E-state index contributed by atoms with van der Waals surface area (Å²) < 4.78 is 10.7. The molecular formula is C19H19N5O2. The topological polar surface area (TPSA) is 98.9 Å². The van der Waals surface area contributed by atoms with Crippen molar-refractivity contribution in [1.29, 1.82) is 0 Å². The fraction of sp³-hybridized carbons (Fsp3) is 0.211. The molecule has 0 fully saturated rings. The molecule has 0 aliphatic carbocycles. The lowest BCUT2D eigenvalue weighted by atomic mass is 10.1. The van der Waals surface area contributed by atoms with Crippen molar-refractivity contribution in [1.82, 2.24) is 19.9 Å². The summed E-state index contributed by atoms with van der Waals surface area (Å²) in [7, 11) is 1.57. The third-order valence-corrected chi connectivity index (χ3v) is 4.32. The summed E-state index contributed by atoms with van der Waals surface area (Å²) in [6.45, 7) is 1.30. The number of pyridine rings is 2. The van der Waals surface area contributed by atoms with E-state index in [-0.39, 0.29) is 0 Å². The summed E-state index contributed by atoms with van der Waals surface area (Å²) in [5.74, 6) is 1.72. The third-order valence-electron chi connectivity index (χ3n) is 4.32. The third kappa shape index (κ3) is 3.04. The summed E-state index contributed by atoms with van der Waals surface area (Å²) in [6, 6.07) is 5.74. The Bertz CT molecular complexity index is 950. The predicted octanol–water partition coefficient (Wildman–Crippen LogP) is 2.93. The molecule has 0 spiro atoms. The Morgan fingerprint density at radius 2 is 2.08 bits per heavy atom. The van der Waals surface area contributed by atoms with Crippen LogP contribution in [-0.4, -0.2) is 40.3 Å². The van der Waals surface area contributed by atoms with Gasteiger partial charge in [-0.2, -0.15) is 0 Å². The van der Waals surface area contributed by atoms with Crippen LogP contribution in [-0.2, 0) is 4.74 Å². The van der Waals surface area contributed by atoms with Gasteiger partial charge in [-0.1, -0.05) is 6.08 Å². The molecule has 4 rings (SSSR count). The van der Waals surface area contributed by atoms with Crippen LogP contribution in [0, 0.1) is 0 Å². The summed E-state index contributed by atoms with van der Waals surface area (Å²) in [5.41, 5.74) is 10.5. The molecule has 3 aromatic heterocycles. The molecule has 0 unspecified atom stereocenters. The standard InChI is InChI=1S/C19H19N5O2/c1-25-15-10-14(11-22-18(15)20)17-16(12-2-6-21-7-3-12)23-19(24-17)13-4-8-26-9-5-13/h2-4,6-7,10-11H,5,8-9H2,1H3,(H2,20,22)(H,23,24). The van der Waals surface area contributed by atoms with Crippen LogP contribution in [0.15, 0.2) is 42.9 Å². The molecule has 132 valence electrons. The molecule has 0 saturated carbocycles. The monoisotopic (exact) mass is 349 g/mol. The van der Waals surface area contributed by atoms with Gasteiger partial charge in [0.2, 0.25) is 0 Å². The number of methoxy groups -OCH3 is 1. The second-order valence-corrected chi connectivity index (χ2v) is 5.91. The van der Waals surface area contributed by atoms with Gasteiger partial charge >= 0.3 is 0 Å². The molecule has 1 aliphatic rings. The highest BCUT2D eigenvalue weighted by atomic mass is 16.5. The lowest BCUT2D eigenvalue weighted by Gasteiger charge is -2.10. The first kappa shape index (κ1) is 16.3. The number of ether oxygens (including phenoxy) is 2. The maximum Gasteiger partial charge on any atom is 0.166 e. The predicted molar refractivity (Wildman–Crippen MR) is 99.4 cm³/mol. The molecule has 7 nitrogen and oxygen atoms in total. The number of hydrogen-bond acceptors (Lipinski definition) is 6. The van der Waals surface area contributed by atoms with E-state index < -0.39 is 0 Å². The van der Waals surface area contributed by atoms with E-state index in [4.69, 9.17) is 20.2 Å². The maximum absolute atomic E-state index is 5.85. The Morgan fingerprint density at radius 3 is 2.81 bits per heavy atom. The van der Waals surface area contributed by atoms with E-state index in [1.807, 2.05) is 18.2 Å². The number of nitrogens with one attached hydrogen (secondary N) is 1. The van der Waals surface area contributed by atoms with E-state index in [0.717, 1.165) is 40.3 Å². The summed E-state index contributed by atoms with van der Waals surface area (Å²) in [6.07, 6.45) is 8.11. The average molecular weight is 349 g/mol. The molecule has 0 atom stereocenters. The highest BCUT2D eigenvalue weighted by Crippen LogP contribution is 2.34.